The van der Waals surface area contributed by atoms with Crippen LogP contribution in [0.4, 0.5) is 13.2 Å². The van der Waals surface area contributed by atoms with Crippen molar-refractivity contribution < 1.29 is 37.0 Å². The number of esters is 1. The second-order valence-electron chi connectivity index (χ2n) is 12.1. The maximum atomic E-state index is 13.7. The molecule has 9 nitrogen and oxygen atoms in total. The van der Waals surface area contributed by atoms with Gasteiger partial charge in [-0.3, -0.25) is 14.5 Å². The molecular formula is C34H41F3N4O5. The van der Waals surface area contributed by atoms with Crippen molar-refractivity contribution in [1.82, 2.24) is 14.5 Å². The molecule has 1 aromatic carbocycles. The molecule has 1 aromatic heterocycles. The maximum Gasteiger partial charge on any atom is 0.416 e. The summed E-state index contributed by atoms with van der Waals surface area (Å²) < 4.78 is 59.7. The van der Waals surface area contributed by atoms with Crippen molar-refractivity contribution in [2.45, 2.75) is 78.4 Å². The van der Waals surface area contributed by atoms with E-state index in [9.17, 15) is 22.8 Å². The average molecular weight is 643 g/mol. The summed E-state index contributed by atoms with van der Waals surface area (Å²) in [5, 5.41) is 0. The van der Waals surface area contributed by atoms with E-state index in [1.54, 1.807) is 13.0 Å². The largest absolute Gasteiger partial charge is 0.473 e. The zero-order valence-electron chi connectivity index (χ0n) is 26.7. The highest BCUT2D eigenvalue weighted by Gasteiger charge is 2.34. The number of alkyl halides is 3. The number of ketones is 1. The molecule has 248 valence electrons. The highest BCUT2D eigenvalue weighted by Crippen LogP contribution is 2.34. The molecule has 12 heteroatoms. The van der Waals surface area contributed by atoms with Crippen LogP contribution in [0, 0.1) is 11.8 Å². The fourth-order valence-corrected chi connectivity index (χ4v) is 6.16. The van der Waals surface area contributed by atoms with Crippen molar-refractivity contribution in [2.75, 3.05) is 26.8 Å². The number of likely N-dealkylation sites (tertiary alicyclic amines) is 1. The lowest BCUT2D eigenvalue weighted by Crippen LogP contribution is -2.37. The summed E-state index contributed by atoms with van der Waals surface area (Å²) in [6.45, 7) is 8.39. The second kappa shape index (κ2) is 14.3. The van der Waals surface area contributed by atoms with Gasteiger partial charge in [-0.15, -0.1) is 0 Å². The van der Waals surface area contributed by atoms with Gasteiger partial charge in [0.05, 0.1) is 43.5 Å². The number of rotatable bonds is 11. The molecule has 0 amide bonds. The van der Waals surface area contributed by atoms with Gasteiger partial charge in [0.25, 0.3) is 0 Å². The molecule has 0 bridgehead atoms. The van der Waals surface area contributed by atoms with Crippen LogP contribution in [0.25, 0.3) is 6.08 Å². The Labute approximate surface area is 267 Å². The minimum Gasteiger partial charge on any atom is -0.473 e. The van der Waals surface area contributed by atoms with E-state index in [1.807, 2.05) is 19.1 Å². The van der Waals surface area contributed by atoms with Crippen molar-refractivity contribution >= 4 is 23.5 Å². The molecule has 46 heavy (non-hydrogen) atoms. The molecule has 2 saturated heterocycles. The number of nitrogens with zero attached hydrogens (tertiary/aromatic N) is 4. The highest BCUT2D eigenvalue weighted by atomic mass is 19.4. The molecule has 1 unspecified atom stereocenters. The van der Waals surface area contributed by atoms with Gasteiger partial charge in [-0.1, -0.05) is 18.2 Å². The third-order valence-electron chi connectivity index (χ3n) is 9.04. The van der Waals surface area contributed by atoms with E-state index in [4.69, 9.17) is 19.2 Å². The fraction of sp³-hybridized carbons (Fsp3) is 0.529. The van der Waals surface area contributed by atoms with E-state index in [2.05, 4.69) is 14.5 Å². The molecule has 1 aliphatic carbocycles. The Morgan fingerprint density at radius 2 is 1.91 bits per heavy atom. The van der Waals surface area contributed by atoms with Crippen molar-refractivity contribution in [3.8, 4) is 0 Å². The number of benzene rings is 1. The van der Waals surface area contributed by atoms with Crippen LogP contribution in [0.15, 0.2) is 41.2 Å². The summed E-state index contributed by atoms with van der Waals surface area (Å²) in [4.78, 5) is 35.8. The number of halogens is 3. The summed E-state index contributed by atoms with van der Waals surface area (Å²) in [5.41, 5.74) is 1.86. The number of aromatic nitrogens is 2. The average Bonchev–Trinajstić information content (AvgIpc) is 3.35. The van der Waals surface area contributed by atoms with Gasteiger partial charge in [0, 0.05) is 35.6 Å². The lowest BCUT2D eigenvalue weighted by molar-refractivity contribution is -0.143. The summed E-state index contributed by atoms with van der Waals surface area (Å²) in [7, 11) is 1.41. The van der Waals surface area contributed by atoms with Crippen molar-refractivity contribution in [1.29, 1.82) is 0 Å². The molecule has 2 aliphatic heterocycles. The van der Waals surface area contributed by atoms with Crippen molar-refractivity contribution in [3.05, 3.63) is 70.1 Å². The summed E-state index contributed by atoms with van der Waals surface area (Å²) >= 11 is 0. The predicted octanol–water partition coefficient (Wildman–Crippen LogP) is 6.00. The quantitative estimate of drug-likeness (QED) is 0.128. The van der Waals surface area contributed by atoms with E-state index in [0.29, 0.717) is 19.5 Å². The van der Waals surface area contributed by atoms with Crippen molar-refractivity contribution in [3.63, 3.8) is 0 Å². The van der Waals surface area contributed by atoms with Gasteiger partial charge in [-0.2, -0.15) is 13.2 Å². The van der Waals surface area contributed by atoms with Gasteiger partial charge in [0.15, 0.2) is 5.78 Å². The number of ether oxygens (including phenoxy) is 3. The number of imidazole rings is 1. The smallest absolute Gasteiger partial charge is 0.416 e. The van der Waals surface area contributed by atoms with Gasteiger partial charge in [0.2, 0.25) is 5.88 Å². The summed E-state index contributed by atoms with van der Waals surface area (Å²) in [6.07, 6.45) is 4.24. The van der Waals surface area contributed by atoms with Gasteiger partial charge in [-0.25, -0.2) is 9.98 Å². The molecule has 3 heterocycles. The number of carbonyl (C=O) groups excluding carboxylic acids is 2. The number of allylic oxidation sites excluding steroid dienone is 1. The van der Waals surface area contributed by atoms with E-state index in [1.165, 1.54) is 26.2 Å². The molecule has 3 aliphatic rings. The van der Waals surface area contributed by atoms with E-state index >= 15 is 0 Å². The lowest BCUT2D eigenvalue weighted by atomic mass is 9.92. The Morgan fingerprint density at radius 1 is 1.17 bits per heavy atom. The predicted molar refractivity (Wildman–Crippen MR) is 166 cm³/mol. The van der Waals surface area contributed by atoms with Crippen LogP contribution in [-0.2, 0) is 51.3 Å². The number of Topliss-reactive ketones (excluding diaryl/α,β-unsaturated/α-hetero) is 1. The molecular weight excluding hydrogens is 601 g/mol. The van der Waals surface area contributed by atoms with Crippen LogP contribution in [0.2, 0.25) is 0 Å². The first kappa shape index (κ1) is 33.6. The molecule has 0 spiro atoms. The molecule has 0 N–H and O–H groups in total. The van der Waals surface area contributed by atoms with Crippen LogP contribution < -0.4 is 0 Å². The fourth-order valence-electron chi connectivity index (χ4n) is 6.16. The lowest BCUT2D eigenvalue weighted by Gasteiger charge is -2.33. The van der Waals surface area contributed by atoms with Gasteiger partial charge in [-0.05, 0) is 77.3 Å². The Hall–Kier alpha value is -3.77. The Morgan fingerprint density at radius 3 is 2.52 bits per heavy atom. The molecule has 5 rings (SSSR count). The number of carbonyl (C=O) groups is 2. The zero-order valence-corrected chi connectivity index (χ0v) is 26.7. The van der Waals surface area contributed by atoms with E-state index in [-0.39, 0.29) is 47.5 Å². The molecule has 2 aromatic rings. The van der Waals surface area contributed by atoms with Crippen LogP contribution in [0.3, 0.4) is 0 Å². The number of fused-ring (bicyclic) bond motifs is 1. The standard InChI is InChI=1S/C34H41F3N4O5/c1-5-32(46-20-26-7-6-24(22(3)42)16-28(26)34(35,36)37)38-21(2)23-10-13-40(14-11-23)19-31-39-29-9-8-25(33(43)44-4)17-30(29)41(31)18-27-12-15-45-27/h5-9,16,23,25,27H,10-15,17-20H2,1-4H3/b32-5+,38-21?/t25?,27-/m0/s1. The molecule has 0 radical (unpaired) electrons. The van der Waals surface area contributed by atoms with Gasteiger partial charge < -0.3 is 18.8 Å². The van der Waals surface area contributed by atoms with Gasteiger partial charge in [0.1, 0.15) is 12.4 Å². The first-order chi connectivity index (χ1) is 22.0. The Bertz CT molecular complexity index is 1530. The Kier molecular flexibility index (Phi) is 10.5. The van der Waals surface area contributed by atoms with Crippen molar-refractivity contribution in [2.24, 2.45) is 16.8 Å². The number of aliphatic imine (C=N–C) groups is 1. The highest BCUT2D eigenvalue weighted by molar-refractivity contribution is 5.94. The zero-order chi connectivity index (χ0) is 33.0. The number of hydrogen-bond acceptors (Lipinski definition) is 8. The van der Waals surface area contributed by atoms with Crippen LogP contribution in [0.5, 0.6) is 0 Å². The third-order valence-corrected chi connectivity index (χ3v) is 9.04. The van der Waals surface area contributed by atoms with E-state index < -0.39 is 17.5 Å². The monoisotopic (exact) mass is 642 g/mol. The summed E-state index contributed by atoms with van der Waals surface area (Å²) in [5.74, 6) is 0.404. The number of methoxy groups -OCH3 is 1. The van der Waals surface area contributed by atoms with Crippen LogP contribution in [0.1, 0.15) is 78.7 Å². The normalized spacial score (nSPS) is 21.1. The first-order valence-electron chi connectivity index (χ1n) is 15.7. The minimum absolute atomic E-state index is 0.00235. The van der Waals surface area contributed by atoms with Gasteiger partial charge >= 0.3 is 12.1 Å². The second-order valence-corrected chi connectivity index (χ2v) is 12.1. The molecule has 0 saturated carbocycles. The summed E-state index contributed by atoms with van der Waals surface area (Å²) in [6, 6.07) is 3.54. The Balaban J connectivity index is 1.20. The SMILES string of the molecule is C/C=C(\N=C(C)C1CCN(Cc2nc3c(n2C[C@@H]2CCO2)CC(C(=O)OC)C=C3)CC1)OCc1ccc(C(C)=O)cc1C(F)(F)F. The number of piperidine rings is 1. The van der Waals surface area contributed by atoms with Crippen LogP contribution in [-0.4, -0.2) is 64.8 Å². The number of hydrogen-bond donors (Lipinski definition) is 0. The molecule has 2 fully saturated rings. The first-order valence-corrected chi connectivity index (χ1v) is 15.7. The van der Waals surface area contributed by atoms with Crippen LogP contribution >= 0.6 is 0 Å². The molecule has 2 atom stereocenters. The third kappa shape index (κ3) is 7.78. The minimum atomic E-state index is -4.61. The maximum absolute atomic E-state index is 13.7. The topological polar surface area (TPSA) is 95.2 Å². The van der Waals surface area contributed by atoms with E-state index in [0.717, 1.165) is 67.9 Å².